The average molecular weight is 229 g/mol. The second kappa shape index (κ2) is 4.58. The molecule has 0 bridgehead atoms. The molecule has 78 valence electrons. The Morgan fingerprint density at radius 2 is 2.12 bits per heavy atom. The third-order valence-corrected chi connectivity index (χ3v) is 2.49. The molecular weight excluding hydrogens is 220 g/mol. The van der Waals surface area contributed by atoms with Crippen LogP contribution in [0.25, 0.3) is 11.1 Å². The lowest BCUT2D eigenvalue weighted by atomic mass is 9.89. The maximum absolute atomic E-state index is 5.85. The van der Waals surface area contributed by atoms with Gasteiger partial charge in [0.2, 0.25) is 0 Å². The van der Waals surface area contributed by atoms with Crippen LogP contribution in [-0.4, -0.2) is 19.9 Å². The van der Waals surface area contributed by atoms with Gasteiger partial charge in [-0.25, -0.2) is 4.98 Å². The lowest BCUT2D eigenvalue weighted by Gasteiger charge is -2.08. The molecule has 0 spiro atoms. The SMILES string of the molecule is [B]c1cnc(Cl)cc1-c1cccc(OC)c1. The number of pyridine rings is 1. The molecule has 0 N–H and O–H groups in total. The van der Waals surface area contributed by atoms with Gasteiger partial charge in [0.05, 0.1) is 7.11 Å². The van der Waals surface area contributed by atoms with E-state index in [-0.39, 0.29) is 0 Å². The highest BCUT2D eigenvalue weighted by atomic mass is 35.5. The van der Waals surface area contributed by atoms with Crippen LogP contribution in [0, 0.1) is 0 Å². The zero-order valence-corrected chi connectivity index (χ0v) is 9.53. The Bertz CT molecular complexity index is 516. The number of halogens is 1. The van der Waals surface area contributed by atoms with Crippen LogP contribution in [0.1, 0.15) is 0 Å². The average Bonchev–Trinajstić information content (AvgIpc) is 2.32. The van der Waals surface area contributed by atoms with Crippen molar-refractivity contribution in [3.8, 4) is 16.9 Å². The predicted molar refractivity (Wildman–Crippen MR) is 66.6 cm³/mol. The fourth-order valence-electron chi connectivity index (χ4n) is 1.48. The lowest BCUT2D eigenvalue weighted by molar-refractivity contribution is 0.415. The number of methoxy groups -OCH3 is 1. The number of hydrogen-bond donors (Lipinski definition) is 0. The maximum atomic E-state index is 5.85. The van der Waals surface area contributed by atoms with Crippen molar-refractivity contribution < 1.29 is 4.74 Å². The Hall–Kier alpha value is -1.48. The van der Waals surface area contributed by atoms with Crippen molar-refractivity contribution in [2.75, 3.05) is 7.11 Å². The summed E-state index contributed by atoms with van der Waals surface area (Å²) < 4.78 is 5.16. The molecule has 0 atom stereocenters. The van der Waals surface area contributed by atoms with E-state index in [2.05, 4.69) is 4.98 Å². The molecule has 0 aliphatic carbocycles. The summed E-state index contributed by atoms with van der Waals surface area (Å²) in [6, 6.07) is 9.38. The summed E-state index contributed by atoms with van der Waals surface area (Å²) in [7, 11) is 7.48. The van der Waals surface area contributed by atoms with Crippen molar-refractivity contribution in [2.24, 2.45) is 0 Å². The van der Waals surface area contributed by atoms with Gasteiger partial charge < -0.3 is 4.74 Å². The van der Waals surface area contributed by atoms with E-state index in [1.54, 1.807) is 19.4 Å². The van der Waals surface area contributed by atoms with Gasteiger partial charge in [-0.3, -0.25) is 0 Å². The first-order valence-corrected chi connectivity index (χ1v) is 5.14. The second-order valence-corrected chi connectivity index (χ2v) is 3.71. The maximum Gasteiger partial charge on any atom is 0.129 e. The van der Waals surface area contributed by atoms with E-state index in [0.717, 1.165) is 16.9 Å². The Labute approximate surface area is 101 Å². The van der Waals surface area contributed by atoms with Crippen LogP contribution < -0.4 is 10.2 Å². The molecule has 0 unspecified atom stereocenters. The largest absolute Gasteiger partial charge is 0.497 e. The first kappa shape index (κ1) is 11.0. The Balaban J connectivity index is 2.53. The third-order valence-electron chi connectivity index (χ3n) is 2.28. The van der Waals surface area contributed by atoms with Crippen molar-refractivity contribution in [3.05, 3.63) is 41.7 Å². The van der Waals surface area contributed by atoms with Crippen molar-refractivity contribution >= 4 is 24.9 Å². The van der Waals surface area contributed by atoms with Gasteiger partial charge in [0.15, 0.2) is 0 Å². The monoisotopic (exact) mass is 229 g/mol. The molecule has 0 aliphatic rings. The number of aromatic nitrogens is 1. The van der Waals surface area contributed by atoms with E-state index >= 15 is 0 Å². The lowest BCUT2D eigenvalue weighted by Crippen LogP contribution is -2.07. The molecule has 0 fully saturated rings. The summed E-state index contributed by atoms with van der Waals surface area (Å²) in [5, 5.41) is 0.423. The summed E-state index contributed by atoms with van der Waals surface area (Å²) >= 11 is 5.84. The zero-order valence-electron chi connectivity index (χ0n) is 8.77. The van der Waals surface area contributed by atoms with Crippen molar-refractivity contribution in [1.29, 1.82) is 0 Å². The van der Waals surface area contributed by atoms with Gasteiger partial charge in [0, 0.05) is 6.20 Å². The zero-order chi connectivity index (χ0) is 11.5. The minimum Gasteiger partial charge on any atom is -0.497 e. The highest BCUT2D eigenvalue weighted by Gasteiger charge is 2.04. The summed E-state index contributed by atoms with van der Waals surface area (Å²) in [5.74, 6) is 0.782. The fourth-order valence-corrected chi connectivity index (χ4v) is 1.64. The second-order valence-electron chi connectivity index (χ2n) is 3.33. The van der Waals surface area contributed by atoms with Gasteiger partial charge in [-0.1, -0.05) is 29.2 Å². The summed E-state index contributed by atoms with van der Waals surface area (Å²) in [6.07, 6.45) is 1.55. The van der Waals surface area contributed by atoms with E-state index in [1.165, 1.54) is 0 Å². The molecule has 16 heavy (non-hydrogen) atoms. The standard InChI is InChI=1S/C12H9BClNO/c1-16-9-4-2-3-8(5-9)10-6-12(14)15-7-11(10)13/h2-7H,1H3. The molecule has 2 rings (SSSR count). The van der Waals surface area contributed by atoms with E-state index in [4.69, 9.17) is 24.2 Å². The summed E-state index contributed by atoms with van der Waals surface area (Å²) in [4.78, 5) is 3.92. The van der Waals surface area contributed by atoms with E-state index < -0.39 is 0 Å². The van der Waals surface area contributed by atoms with Crippen LogP contribution >= 0.6 is 11.6 Å². The molecule has 1 aromatic carbocycles. The van der Waals surface area contributed by atoms with Crippen LogP contribution in [-0.2, 0) is 0 Å². The van der Waals surface area contributed by atoms with Crippen molar-refractivity contribution in [1.82, 2.24) is 4.98 Å². The highest BCUT2D eigenvalue weighted by Crippen LogP contribution is 2.23. The van der Waals surface area contributed by atoms with Gasteiger partial charge in [0.1, 0.15) is 18.7 Å². The molecule has 0 amide bonds. The molecule has 2 aromatic rings. The molecule has 1 aromatic heterocycles. The van der Waals surface area contributed by atoms with Crippen LogP contribution in [0.15, 0.2) is 36.5 Å². The first-order chi connectivity index (χ1) is 7.70. The van der Waals surface area contributed by atoms with Crippen LogP contribution in [0.2, 0.25) is 5.15 Å². The normalized spacial score (nSPS) is 10.1. The van der Waals surface area contributed by atoms with Crippen molar-refractivity contribution in [2.45, 2.75) is 0 Å². The highest BCUT2D eigenvalue weighted by molar-refractivity contribution is 6.37. The van der Waals surface area contributed by atoms with Gasteiger partial charge in [-0.05, 0) is 29.3 Å². The molecule has 0 aliphatic heterocycles. The number of hydrogen-bond acceptors (Lipinski definition) is 2. The quantitative estimate of drug-likeness (QED) is 0.582. The number of benzene rings is 1. The number of rotatable bonds is 2. The minimum absolute atomic E-state index is 0.423. The Kier molecular flexibility index (Phi) is 3.16. The van der Waals surface area contributed by atoms with Gasteiger partial charge >= 0.3 is 0 Å². The first-order valence-electron chi connectivity index (χ1n) is 4.76. The summed E-state index contributed by atoms with van der Waals surface area (Å²) in [5.41, 5.74) is 2.41. The topological polar surface area (TPSA) is 22.1 Å². The van der Waals surface area contributed by atoms with Crippen LogP contribution in [0.5, 0.6) is 5.75 Å². The van der Waals surface area contributed by atoms with Gasteiger partial charge in [0.25, 0.3) is 0 Å². The predicted octanol–water partition coefficient (Wildman–Crippen LogP) is 2.20. The van der Waals surface area contributed by atoms with Gasteiger partial charge in [-0.2, -0.15) is 0 Å². The number of ether oxygens (including phenoxy) is 1. The smallest absolute Gasteiger partial charge is 0.129 e. The molecule has 2 radical (unpaired) electrons. The van der Waals surface area contributed by atoms with Gasteiger partial charge in [-0.15, -0.1) is 0 Å². The molecule has 2 nitrogen and oxygen atoms in total. The molecular formula is C12H9BClNO. The van der Waals surface area contributed by atoms with E-state index in [1.807, 2.05) is 24.3 Å². The fraction of sp³-hybridized carbons (Fsp3) is 0.0833. The minimum atomic E-state index is 0.423. The third kappa shape index (κ3) is 2.20. The summed E-state index contributed by atoms with van der Waals surface area (Å²) in [6.45, 7) is 0. The van der Waals surface area contributed by atoms with Crippen LogP contribution in [0.4, 0.5) is 0 Å². The van der Waals surface area contributed by atoms with Crippen LogP contribution in [0.3, 0.4) is 0 Å². The van der Waals surface area contributed by atoms with Crippen molar-refractivity contribution in [3.63, 3.8) is 0 Å². The van der Waals surface area contributed by atoms with E-state index in [9.17, 15) is 0 Å². The Morgan fingerprint density at radius 1 is 1.31 bits per heavy atom. The molecule has 4 heteroatoms. The Morgan fingerprint density at radius 3 is 2.88 bits per heavy atom. The molecule has 0 saturated heterocycles. The molecule has 1 heterocycles. The number of nitrogens with zero attached hydrogens (tertiary/aromatic N) is 1. The van der Waals surface area contributed by atoms with E-state index in [0.29, 0.717) is 10.6 Å². The molecule has 0 saturated carbocycles.